The summed E-state index contributed by atoms with van der Waals surface area (Å²) in [4.78, 5) is 25.3. The van der Waals surface area contributed by atoms with Crippen LogP contribution in [0.5, 0.6) is 0 Å². The van der Waals surface area contributed by atoms with E-state index in [-0.39, 0.29) is 18.4 Å². The molecule has 2 rings (SSSR count). The first-order valence-corrected chi connectivity index (χ1v) is 6.95. The third kappa shape index (κ3) is 4.80. The summed E-state index contributed by atoms with van der Waals surface area (Å²) in [5.74, 6) is 0.337. The van der Waals surface area contributed by atoms with Gasteiger partial charge < -0.3 is 19.7 Å². The summed E-state index contributed by atoms with van der Waals surface area (Å²) in [7, 11) is 0. The Morgan fingerprint density at radius 2 is 1.68 bits per heavy atom. The van der Waals surface area contributed by atoms with Gasteiger partial charge in [-0.3, -0.25) is 9.59 Å². The number of amides is 2. The van der Waals surface area contributed by atoms with Crippen molar-refractivity contribution in [1.82, 2.24) is 10.2 Å². The average molecular weight is 270 g/mol. The zero-order valence-electron chi connectivity index (χ0n) is 11.2. The van der Waals surface area contributed by atoms with E-state index in [1.54, 1.807) is 4.90 Å². The molecule has 0 aromatic carbocycles. The second-order valence-corrected chi connectivity index (χ2v) is 5.03. The second kappa shape index (κ2) is 7.45. The normalized spacial score (nSPS) is 21.2. The highest BCUT2D eigenvalue weighted by atomic mass is 16.5. The minimum absolute atomic E-state index is 0.0244. The fourth-order valence-corrected chi connectivity index (χ4v) is 2.38. The van der Waals surface area contributed by atoms with E-state index in [2.05, 4.69) is 5.32 Å². The number of nitrogens with one attached hydrogen (secondary N) is 1. The first-order valence-electron chi connectivity index (χ1n) is 6.95. The van der Waals surface area contributed by atoms with Gasteiger partial charge in [-0.2, -0.15) is 0 Å². The molecule has 2 aliphatic rings. The van der Waals surface area contributed by atoms with Crippen molar-refractivity contribution in [3.63, 3.8) is 0 Å². The van der Waals surface area contributed by atoms with E-state index >= 15 is 0 Å². The molecule has 0 aromatic rings. The van der Waals surface area contributed by atoms with Crippen molar-refractivity contribution >= 4 is 11.8 Å². The summed E-state index contributed by atoms with van der Waals surface area (Å²) in [5, 5.41) is 2.72. The molecule has 0 saturated carbocycles. The standard InChI is InChI=1S/C13H22N2O4/c16-12(9-11-1-5-18-6-2-11)14-10-13(17)15-3-7-19-8-4-15/h11H,1-10H2,(H,14,16). The number of morpholine rings is 1. The predicted octanol–water partition coefficient (Wildman–Crippen LogP) is -0.222. The molecule has 0 bridgehead atoms. The highest BCUT2D eigenvalue weighted by Crippen LogP contribution is 2.17. The van der Waals surface area contributed by atoms with Crippen LogP contribution in [0.15, 0.2) is 0 Å². The lowest BCUT2D eigenvalue weighted by molar-refractivity contribution is -0.136. The van der Waals surface area contributed by atoms with E-state index in [1.807, 2.05) is 0 Å². The molecule has 2 fully saturated rings. The van der Waals surface area contributed by atoms with Crippen LogP contribution in [0.2, 0.25) is 0 Å². The number of ether oxygens (including phenoxy) is 2. The molecule has 0 spiro atoms. The molecule has 0 aromatic heterocycles. The molecular formula is C13H22N2O4. The maximum atomic E-state index is 11.8. The fraction of sp³-hybridized carbons (Fsp3) is 0.846. The van der Waals surface area contributed by atoms with Crippen molar-refractivity contribution in [3.8, 4) is 0 Å². The molecule has 19 heavy (non-hydrogen) atoms. The van der Waals surface area contributed by atoms with E-state index in [9.17, 15) is 9.59 Å². The van der Waals surface area contributed by atoms with Crippen molar-refractivity contribution in [1.29, 1.82) is 0 Å². The van der Waals surface area contributed by atoms with Crippen LogP contribution in [0.4, 0.5) is 0 Å². The Morgan fingerprint density at radius 1 is 1.05 bits per heavy atom. The van der Waals surface area contributed by atoms with Crippen molar-refractivity contribution < 1.29 is 19.1 Å². The summed E-state index contributed by atoms with van der Waals surface area (Å²) in [6.07, 6.45) is 2.37. The summed E-state index contributed by atoms with van der Waals surface area (Å²) < 4.78 is 10.4. The van der Waals surface area contributed by atoms with Crippen molar-refractivity contribution in [2.24, 2.45) is 5.92 Å². The van der Waals surface area contributed by atoms with Gasteiger partial charge in [0.05, 0.1) is 19.8 Å². The maximum Gasteiger partial charge on any atom is 0.242 e. The summed E-state index contributed by atoms with van der Waals surface area (Å²) in [6, 6.07) is 0. The summed E-state index contributed by atoms with van der Waals surface area (Å²) in [6.45, 7) is 3.99. The Bertz CT molecular complexity index is 310. The SMILES string of the molecule is O=C(CC1CCOCC1)NCC(=O)N1CCOCC1. The molecule has 2 heterocycles. The predicted molar refractivity (Wildman–Crippen MR) is 68.6 cm³/mol. The zero-order chi connectivity index (χ0) is 13.5. The van der Waals surface area contributed by atoms with Crippen molar-refractivity contribution in [2.45, 2.75) is 19.3 Å². The van der Waals surface area contributed by atoms with Gasteiger partial charge in [-0.05, 0) is 18.8 Å². The quantitative estimate of drug-likeness (QED) is 0.767. The molecule has 108 valence electrons. The third-order valence-corrected chi connectivity index (χ3v) is 3.62. The van der Waals surface area contributed by atoms with Crippen LogP contribution in [-0.2, 0) is 19.1 Å². The fourth-order valence-electron chi connectivity index (χ4n) is 2.38. The molecule has 2 aliphatic heterocycles. The molecule has 2 saturated heterocycles. The number of carbonyl (C=O) groups excluding carboxylic acids is 2. The molecule has 6 heteroatoms. The van der Waals surface area contributed by atoms with Gasteiger partial charge in [-0.1, -0.05) is 0 Å². The first kappa shape index (κ1) is 14.3. The molecule has 0 aliphatic carbocycles. The number of hydrogen-bond acceptors (Lipinski definition) is 4. The van der Waals surface area contributed by atoms with Crippen LogP contribution in [0, 0.1) is 5.92 Å². The maximum absolute atomic E-state index is 11.8. The Balaban J connectivity index is 1.63. The van der Waals surface area contributed by atoms with Gasteiger partial charge >= 0.3 is 0 Å². The van der Waals surface area contributed by atoms with Crippen molar-refractivity contribution in [3.05, 3.63) is 0 Å². The van der Waals surface area contributed by atoms with Crippen LogP contribution in [0.3, 0.4) is 0 Å². The smallest absolute Gasteiger partial charge is 0.242 e. The van der Waals surface area contributed by atoms with Gasteiger partial charge in [0.25, 0.3) is 0 Å². The van der Waals surface area contributed by atoms with E-state index < -0.39 is 0 Å². The Kier molecular flexibility index (Phi) is 5.60. The molecule has 0 atom stereocenters. The minimum Gasteiger partial charge on any atom is -0.381 e. The molecule has 6 nitrogen and oxygen atoms in total. The van der Waals surface area contributed by atoms with E-state index in [1.165, 1.54) is 0 Å². The monoisotopic (exact) mass is 270 g/mol. The lowest BCUT2D eigenvalue weighted by Gasteiger charge is -2.27. The van der Waals surface area contributed by atoms with Gasteiger partial charge in [-0.25, -0.2) is 0 Å². The van der Waals surface area contributed by atoms with Gasteiger partial charge in [0.15, 0.2) is 0 Å². The van der Waals surface area contributed by atoms with E-state index in [0.717, 1.165) is 26.1 Å². The highest BCUT2D eigenvalue weighted by Gasteiger charge is 2.20. The van der Waals surface area contributed by atoms with Gasteiger partial charge in [0, 0.05) is 32.7 Å². The first-order chi connectivity index (χ1) is 9.25. The number of rotatable bonds is 4. The third-order valence-electron chi connectivity index (χ3n) is 3.62. The largest absolute Gasteiger partial charge is 0.381 e. The second-order valence-electron chi connectivity index (χ2n) is 5.03. The molecule has 2 amide bonds. The van der Waals surface area contributed by atoms with Crippen LogP contribution in [0.1, 0.15) is 19.3 Å². The van der Waals surface area contributed by atoms with Gasteiger partial charge in [-0.15, -0.1) is 0 Å². The molecular weight excluding hydrogens is 248 g/mol. The van der Waals surface area contributed by atoms with Crippen LogP contribution in [0.25, 0.3) is 0 Å². The topological polar surface area (TPSA) is 67.9 Å². The van der Waals surface area contributed by atoms with Crippen LogP contribution in [-0.4, -0.2) is 62.8 Å². The van der Waals surface area contributed by atoms with Gasteiger partial charge in [0.2, 0.25) is 11.8 Å². The van der Waals surface area contributed by atoms with E-state index in [4.69, 9.17) is 9.47 Å². The lowest BCUT2D eigenvalue weighted by atomic mass is 9.96. The minimum atomic E-state index is -0.0338. The number of carbonyl (C=O) groups is 2. The van der Waals surface area contributed by atoms with Gasteiger partial charge in [0.1, 0.15) is 0 Å². The summed E-state index contributed by atoms with van der Waals surface area (Å²) >= 11 is 0. The molecule has 1 N–H and O–H groups in total. The number of nitrogens with zero attached hydrogens (tertiary/aromatic N) is 1. The van der Waals surface area contributed by atoms with Crippen molar-refractivity contribution in [2.75, 3.05) is 46.1 Å². The van der Waals surface area contributed by atoms with Crippen LogP contribution >= 0.6 is 0 Å². The lowest BCUT2D eigenvalue weighted by Crippen LogP contribution is -2.45. The van der Waals surface area contributed by atoms with Crippen LogP contribution < -0.4 is 5.32 Å². The average Bonchev–Trinajstić information content (AvgIpc) is 2.47. The Morgan fingerprint density at radius 3 is 2.37 bits per heavy atom. The van der Waals surface area contributed by atoms with E-state index in [0.29, 0.717) is 38.6 Å². The molecule has 0 radical (unpaired) electrons. The zero-order valence-corrected chi connectivity index (χ0v) is 11.2. The number of hydrogen-bond donors (Lipinski definition) is 1. The summed E-state index contributed by atoms with van der Waals surface area (Å²) in [5.41, 5.74) is 0. The molecule has 0 unspecified atom stereocenters. The Labute approximate surface area is 113 Å². The highest BCUT2D eigenvalue weighted by molar-refractivity contribution is 5.84. The Hall–Kier alpha value is -1.14.